The van der Waals surface area contributed by atoms with Crippen LogP contribution in [0, 0.1) is 0 Å². The number of aromatic amines is 1. The summed E-state index contributed by atoms with van der Waals surface area (Å²) in [5, 5.41) is 19.8. The molecule has 7 nitrogen and oxygen atoms in total. The molecule has 0 aliphatic heterocycles. The van der Waals surface area contributed by atoms with Gasteiger partial charge in [-0.05, 0) is 24.3 Å². The van der Waals surface area contributed by atoms with E-state index in [2.05, 4.69) is 14.7 Å². The Hall–Kier alpha value is -3.71. The molecule has 7 heteroatoms. The van der Waals surface area contributed by atoms with E-state index in [4.69, 9.17) is 5.11 Å². The average molecular weight is 362 g/mol. The molecule has 0 unspecified atom stereocenters. The first-order valence-electron chi connectivity index (χ1n) is 8.11. The monoisotopic (exact) mass is 362 g/mol. The molecule has 27 heavy (non-hydrogen) atoms. The van der Waals surface area contributed by atoms with Crippen LogP contribution in [0.4, 0.5) is 0 Å². The normalized spacial score (nSPS) is 11.0. The van der Waals surface area contributed by atoms with Gasteiger partial charge in [0.2, 0.25) is 0 Å². The molecule has 0 aliphatic carbocycles. The fraction of sp³-hybridized carbons (Fsp3) is 0.0500. The van der Waals surface area contributed by atoms with E-state index >= 15 is 0 Å². The number of carboxylic acids is 1. The highest BCUT2D eigenvalue weighted by Crippen LogP contribution is 2.32. The van der Waals surface area contributed by atoms with E-state index in [1.807, 2.05) is 24.3 Å². The SMILES string of the molecule is O=C(OCO)c1ccc(-c2nc(C(=O)O)cc3c2[nH]c2ccccc23)cc1. The molecule has 0 fully saturated rings. The van der Waals surface area contributed by atoms with Crippen molar-refractivity contribution >= 4 is 33.7 Å². The van der Waals surface area contributed by atoms with E-state index in [1.165, 1.54) is 12.1 Å². The summed E-state index contributed by atoms with van der Waals surface area (Å²) in [4.78, 5) is 30.8. The maximum absolute atomic E-state index is 11.7. The minimum Gasteiger partial charge on any atom is -0.477 e. The smallest absolute Gasteiger partial charge is 0.354 e. The number of aromatic nitrogens is 2. The number of H-pyrrole nitrogens is 1. The number of carbonyl (C=O) groups is 2. The van der Waals surface area contributed by atoms with Crippen LogP contribution in [-0.2, 0) is 4.74 Å². The summed E-state index contributed by atoms with van der Waals surface area (Å²) in [6.07, 6.45) is 0. The van der Waals surface area contributed by atoms with Crippen LogP contribution in [0.25, 0.3) is 33.1 Å². The Balaban J connectivity index is 1.92. The molecule has 0 amide bonds. The third-order valence-corrected chi connectivity index (χ3v) is 4.31. The first-order valence-corrected chi connectivity index (χ1v) is 8.11. The Bertz CT molecular complexity index is 1180. The fourth-order valence-corrected chi connectivity index (χ4v) is 3.07. The molecule has 0 spiro atoms. The van der Waals surface area contributed by atoms with Crippen LogP contribution < -0.4 is 0 Å². The molecule has 0 bridgehead atoms. The summed E-state index contributed by atoms with van der Waals surface area (Å²) in [5.74, 6) is -1.77. The number of rotatable bonds is 4. The van der Waals surface area contributed by atoms with Crippen molar-refractivity contribution in [3.05, 3.63) is 65.9 Å². The second kappa shape index (κ2) is 6.54. The molecule has 2 aromatic heterocycles. The minimum atomic E-state index is -1.12. The highest BCUT2D eigenvalue weighted by Gasteiger charge is 2.17. The van der Waals surface area contributed by atoms with Gasteiger partial charge in [0.1, 0.15) is 5.69 Å². The van der Waals surface area contributed by atoms with Crippen molar-refractivity contribution in [3.8, 4) is 11.3 Å². The van der Waals surface area contributed by atoms with E-state index < -0.39 is 18.7 Å². The topological polar surface area (TPSA) is 113 Å². The largest absolute Gasteiger partial charge is 0.477 e. The molecule has 0 radical (unpaired) electrons. The number of carboxylic acid groups (broad SMARTS) is 1. The Morgan fingerprint density at radius 2 is 1.78 bits per heavy atom. The van der Waals surface area contributed by atoms with Crippen LogP contribution >= 0.6 is 0 Å². The van der Waals surface area contributed by atoms with E-state index in [-0.39, 0.29) is 11.3 Å². The number of nitrogens with zero attached hydrogens (tertiary/aromatic N) is 1. The van der Waals surface area contributed by atoms with Crippen LogP contribution in [0.2, 0.25) is 0 Å². The van der Waals surface area contributed by atoms with E-state index in [1.54, 1.807) is 18.2 Å². The lowest BCUT2D eigenvalue weighted by Gasteiger charge is -2.06. The molecular formula is C20H14N2O5. The zero-order valence-electron chi connectivity index (χ0n) is 14.0. The quantitative estimate of drug-likeness (QED) is 0.380. The Labute approximate surface area is 152 Å². The van der Waals surface area contributed by atoms with Crippen molar-refractivity contribution in [2.75, 3.05) is 6.79 Å². The van der Waals surface area contributed by atoms with Crippen LogP contribution in [0.5, 0.6) is 0 Å². The lowest BCUT2D eigenvalue weighted by molar-refractivity contribution is 0.00682. The fourth-order valence-electron chi connectivity index (χ4n) is 3.07. The lowest BCUT2D eigenvalue weighted by atomic mass is 10.0. The number of aromatic carboxylic acids is 1. The van der Waals surface area contributed by atoms with Gasteiger partial charge < -0.3 is 19.9 Å². The zero-order chi connectivity index (χ0) is 19.0. The highest BCUT2D eigenvalue weighted by atomic mass is 16.6. The minimum absolute atomic E-state index is 0.0639. The molecule has 2 heterocycles. The predicted octanol–water partition coefficient (Wildman–Crippen LogP) is 3.19. The van der Waals surface area contributed by atoms with Crippen molar-refractivity contribution in [2.24, 2.45) is 0 Å². The molecule has 0 aliphatic rings. The van der Waals surface area contributed by atoms with Gasteiger partial charge in [0.15, 0.2) is 6.79 Å². The molecule has 0 atom stereocenters. The first kappa shape index (κ1) is 16.7. The Kier molecular flexibility index (Phi) is 4.06. The number of nitrogens with one attached hydrogen (secondary N) is 1. The summed E-state index contributed by atoms with van der Waals surface area (Å²) < 4.78 is 4.55. The maximum Gasteiger partial charge on any atom is 0.354 e. The van der Waals surface area contributed by atoms with Gasteiger partial charge in [-0.2, -0.15) is 0 Å². The lowest BCUT2D eigenvalue weighted by Crippen LogP contribution is -2.05. The standard InChI is InChI=1S/C20H14N2O5/c23-10-27-20(26)12-7-5-11(6-8-12)17-18-14(9-16(22-17)19(24)25)13-3-1-2-4-15(13)21-18/h1-9,21,23H,10H2,(H,24,25). The van der Waals surface area contributed by atoms with Crippen LogP contribution in [-0.4, -0.2) is 38.9 Å². The third kappa shape index (κ3) is 2.90. The van der Waals surface area contributed by atoms with Gasteiger partial charge in [-0.15, -0.1) is 0 Å². The number of hydrogen-bond donors (Lipinski definition) is 3. The van der Waals surface area contributed by atoms with Crippen molar-refractivity contribution < 1.29 is 24.5 Å². The molecule has 0 saturated heterocycles. The maximum atomic E-state index is 11.7. The van der Waals surface area contributed by atoms with E-state index in [0.29, 0.717) is 16.8 Å². The number of ether oxygens (including phenoxy) is 1. The first-order chi connectivity index (χ1) is 13.1. The average Bonchev–Trinajstić information content (AvgIpc) is 3.06. The van der Waals surface area contributed by atoms with Crippen molar-refractivity contribution in [3.63, 3.8) is 0 Å². The number of carbonyl (C=O) groups excluding carboxylic acids is 1. The molecule has 3 N–H and O–H groups in total. The van der Waals surface area contributed by atoms with Gasteiger partial charge in [-0.1, -0.05) is 30.3 Å². The number of fused-ring (bicyclic) bond motifs is 3. The zero-order valence-corrected chi connectivity index (χ0v) is 14.0. The molecule has 4 rings (SSSR count). The number of aliphatic hydroxyl groups excluding tert-OH is 1. The van der Waals surface area contributed by atoms with E-state index in [9.17, 15) is 14.7 Å². The second-order valence-electron chi connectivity index (χ2n) is 5.89. The van der Waals surface area contributed by atoms with Gasteiger partial charge >= 0.3 is 11.9 Å². The summed E-state index contributed by atoms with van der Waals surface area (Å²) in [5.41, 5.74) is 2.92. The number of hydrogen-bond acceptors (Lipinski definition) is 5. The highest BCUT2D eigenvalue weighted by molar-refractivity contribution is 6.12. The van der Waals surface area contributed by atoms with Gasteiger partial charge in [0.05, 0.1) is 16.8 Å². The Morgan fingerprint density at radius 3 is 2.48 bits per heavy atom. The van der Waals surface area contributed by atoms with Crippen LogP contribution in [0.15, 0.2) is 54.6 Å². The summed E-state index contributed by atoms with van der Waals surface area (Å²) in [6, 6.07) is 15.5. The van der Waals surface area contributed by atoms with Gasteiger partial charge in [-0.25, -0.2) is 14.6 Å². The van der Waals surface area contributed by atoms with Crippen molar-refractivity contribution in [1.82, 2.24) is 9.97 Å². The number of pyridine rings is 1. The van der Waals surface area contributed by atoms with Crippen LogP contribution in [0.3, 0.4) is 0 Å². The number of para-hydroxylation sites is 1. The van der Waals surface area contributed by atoms with Crippen molar-refractivity contribution in [1.29, 1.82) is 0 Å². The van der Waals surface area contributed by atoms with E-state index in [0.717, 1.165) is 16.3 Å². The Morgan fingerprint density at radius 1 is 1.04 bits per heavy atom. The van der Waals surface area contributed by atoms with Crippen molar-refractivity contribution in [2.45, 2.75) is 0 Å². The third-order valence-electron chi connectivity index (χ3n) is 4.31. The van der Waals surface area contributed by atoms with Gasteiger partial charge in [-0.3, -0.25) is 0 Å². The molecule has 4 aromatic rings. The molecule has 0 saturated carbocycles. The van der Waals surface area contributed by atoms with Gasteiger partial charge in [0, 0.05) is 21.9 Å². The summed E-state index contributed by atoms with van der Waals surface area (Å²) in [7, 11) is 0. The second-order valence-corrected chi connectivity index (χ2v) is 5.89. The number of esters is 1. The number of aliphatic hydroxyl groups is 1. The van der Waals surface area contributed by atoms with Crippen LogP contribution in [0.1, 0.15) is 20.8 Å². The molecule has 134 valence electrons. The summed E-state index contributed by atoms with van der Waals surface area (Å²) in [6.45, 7) is -0.696. The van der Waals surface area contributed by atoms with Gasteiger partial charge in [0.25, 0.3) is 0 Å². The number of benzene rings is 2. The molecule has 2 aromatic carbocycles. The molecular weight excluding hydrogens is 348 g/mol. The summed E-state index contributed by atoms with van der Waals surface area (Å²) >= 11 is 0. The predicted molar refractivity (Wildman–Crippen MR) is 98.5 cm³/mol.